The van der Waals surface area contributed by atoms with Crippen LogP contribution in [0.3, 0.4) is 0 Å². The van der Waals surface area contributed by atoms with Crippen molar-refractivity contribution >= 4 is 33.7 Å². The second-order valence-electron chi connectivity index (χ2n) is 11.7. The third-order valence-corrected chi connectivity index (χ3v) is 8.28. The molecule has 0 atom stereocenters. The van der Waals surface area contributed by atoms with Gasteiger partial charge in [0.25, 0.3) is 5.91 Å². The van der Waals surface area contributed by atoms with E-state index in [1.165, 1.54) is 12.0 Å². The second-order valence-corrected chi connectivity index (χ2v) is 11.7. The van der Waals surface area contributed by atoms with E-state index in [0.717, 1.165) is 11.1 Å². The van der Waals surface area contributed by atoms with E-state index in [-0.39, 0.29) is 30.6 Å². The lowest BCUT2D eigenvalue weighted by molar-refractivity contribution is -0.141. The Morgan fingerprint density at radius 1 is 0.694 bits per heavy atom. The number of ether oxygens (including phenoxy) is 1. The molecule has 1 amide bonds. The standard InChI is InChI=1S/C37H32N8O4/c1-49-34(46)25-42(21-28-22-43(40-38-28)19-26-11-4-2-5-12-26)37(48)32-17-10-16-31-35(32)45(33-18-9-8-15-30(33)36(31)47)24-29-23-44(41-39-29)20-27-13-6-3-7-14-27/h2-18,22-23H,19-21,24-25H2,1H3. The number of nitrogens with zero attached hydrogens (tertiary/aromatic N) is 8. The molecule has 4 aromatic carbocycles. The highest BCUT2D eigenvalue weighted by molar-refractivity contribution is 6.08. The summed E-state index contributed by atoms with van der Waals surface area (Å²) < 4.78 is 10.3. The Morgan fingerprint density at radius 2 is 1.29 bits per heavy atom. The van der Waals surface area contributed by atoms with Crippen LogP contribution in [0.2, 0.25) is 0 Å². The van der Waals surface area contributed by atoms with Crippen molar-refractivity contribution in [3.63, 3.8) is 0 Å². The van der Waals surface area contributed by atoms with Gasteiger partial charge in [-0.2, -0.15) is 0 Å². The zero-order valence-electron chi connectivity index (χ0n) is 26.7. The van der Waals surface area contributed by atoms with E-state index >= 15 is 0 Å². The van der Waals surface area contributed by atoms with Crippen molar-refractivity contribution in [3.8, 4) is 0 Å². The number of hydrogen-bond acceptors (Lipinski definition) is 8. The predicted octanol–water partition coefficient (Wildman–Crippen LogP) is 4.30. The smallest absolute Gasteiger partial charge is 0.325 e. The van der Waals surface area contributed by atoms with Crippen LogP contribution in [-0.2, 0) is 35.7 Å². The number of esters is 1. The van der Waals surface area contributed by atoms with Gasteiger partial charge in [-0.3, -0.25) is 14.4 Å². The number of amides is 1. The maximum Gasteiger partial charge on any atom is 0.325 e. The molecule has 12 nitrogen and oxygen atoms in total. The number of para-hydroxylation sites is 2. The lowest BCUT2D eigenvalue weighted by Crippen LogP contribution is -2.36. The molecule has 12 heteroatoms. The average molecular weight is 653 g/mol. The Bertz CT molecular complexity index is 2330. The average Bonchev–Trinajstić information content (AvgIpc) is 3.78. The molecule has 0 bridgehead atoms. The van der Waals surface area contributed by atoms with Gasteiger partial charge in [-0.15, -0.1) is 10.2 Å². The number of aromatic nitrogens is 7. The van der Waals surface area contributed by atoms with Gasteiger partial charge in [0, 0.05) is 10.8 Å². The third kappa shape index (κ3) is 6.70. The van der Waals surface area contributed by atoms with Crippen LogP contribution in [0.15, 0.2) is 120 Å². The van der Waals surface area contributed by atoms with Crippen molar-refractivity contribution < 1.29 is 14.3 Å². The van der Waals surface area contributed by atoms with Crippen molar-refractivity contribution in [1.82, 2.24) is 39.5 Å². The van der Waals surface area contributed by atoms with E-state index in [1.54, 1.807) is 39.8 Å². The molecule has 0 fully saturated rings. The van der Waals surface area contributed by atoms with E-state index in [4.69, 9.17) is 4.74 Å². The summed E-state index contributed by atoms with van der Waals surface area (Å²) in [4.78, 5) is 42.3. The minimum Gasteiger partial charge on any atom is -0.468 e. The number of fused-ring (bicyclic) bond motifs is 2. The van der Waals surface area contributed by atoms with Gasteiger partial charge in [0.05, 0.1) is 62.3 Å². The Balaban J connectivity index is 1.28. The molecule has 0 aliphatic heterocycles. The van der Waals surface area contributed by atoms with Crippen LogP contribution in [0.1, 0.15) is 32.9 Å². The molecule has 0 saturated carbocycles. The van der Waals surface area contributed by atoms with Crippen LogP contribution < -0.4 is 5.43 Å². The largest absolute Gasteiger partial charge is 0.468 e. The fourth-order valence-corrected chi connectivity index (χ4v) is 5.99. The van der Waals surface area contributed by atoms with E-state index in [9.17, 15) is 14.4 Å². The highest BCUT2D eigenvalue weighted by Gasteiger charge is 2.25. The first-order valence-corrected chi connectivity index (χ1v) is 15.7. The summed E-state index contributed by atoms with van der Waals surface area (Å²) in [5, 5.41) is 18.2. The zero-order valence-corrected chi connectivity index (χ0v) is 26.7. The minimum atomic E-state index is -0.594. The van der Waals surface area contributed by atoms with Gasteiger partial charge in [-0.1, -0.05) is 89.3 Å². The molecular formula is C37H32N8O4. The Labute approximate surface area is 280 Å². The summed E-state index contributed by atoms with van der Waals surface area (Å²) >= 11 is 0. The quantitative estimate of drug-likeness (QED) is 0.149. The van der Waals surface area contributed by atoms with Gasteiger partial charge >= 0.3 is 5.97 Å². The molecule has 3 aromatic heterocycles. The molecule has 49 heavy (non-hydrogen) atoms. The topological polar surface area (TPSA) is 130 Å². The van der Waals surface area contributed by atoms with Gasteiger partial charge in [-0.05, 0) is 35.4 Å². The highest BCUT2D eigenvalue weighted by atomic mass is 16.5. The first-order chi connectivity index (χ1) is 24.0. The van der Waals surface area contributed by atoms with Crippen LogP contribution in [0.25, 0.3) is 21.8 Å². The maximum absolute atomic E-state index is 14.5. The molecule has 0 unspecified atom stereocenters. The fourth-order valence-electron chi connectivity index (χ4n) is 5.99. The minimum absolute atomic E-state index is 0.00919. The molecule has 3 heterocycles. The van der Waals surface area contributed by atoms with Crippen LogP contribution in [0.4, 0.5) is 0 Å². The predicted molar refractivity (Wildman–Crippen MR) is 183 cm³/mol. The summed E-state index contributed by atoms with van der Waals surface area (Å²) in [7, 11) is 1.27. The first kappa shape index (κ1) is 31.2. The molecule has 7 aromatic rings. The Kier molecular flexibility index (Phi) is 8.74. The number of rotatable bonds is 11. The molecule has 7 rings (SSSR count). The normalized spacial score (nSPS) is 11.2. The molecule has 0 aliphatic rings. The number of benzene rings is 4. The highest BCUT2D eigenvalue weighted by Crippen LogP contribution is 2.25. The van der Waals surface area contributed by atoms with E-state index in [1.807, 2.05) is 89.6 Å². The van der Waals surface area contributed by atoms with Crippen molar-refractivity contribution in [1.29, 1.82) is 0 Å². The molecule has 0 spiro atoms. The van der Waals surface area contributed by atoms with E-state index < -0.39 is 11.9 Å². The van der Waals surface area contributed by atoms with Crippen molar-refractivity contribution in [2.75, 3.05) is 13.7 Å². The van der Waals surface area contributed by atoms with Crippen LogP contribution in [-0.4, -0.2) is 65.0 Å². The van der Waals surface area contributed by atoms with Gasteiger partial charge in [-0.25, -0.2) is 9.36 Å². The molecular weight excluding hydrogens is 620 g/mol. The van der Waals surface area contributed by atoms with E-state index in [2.05, 4.69) is 20.6 Å². The van der Waals surface area contributed by atoms with Gasteiger partial charge in [0.15, 0.2) is 5.43 Å². The Hall–Kier alpha value is -6.43. The molecule has 0 saturated heterocycles. The summed E-state index contributed by atoms with van der Waals surface area (Å²) in [6.07, 6.45) is 3.61. The third-order valence-electron chi connectivity index (χ3n) is 8.28. The summed E-state index contributed by atoms with van der Waals surface area (Å²) in [5.74, 6) is -1.06. The SMILES string of the molecule is COC(=O)CN(Cc1cn(Cc2ccccc2)nn1)C(=O)c1cccc2c(=O)c3ccccc3n(Cc3cn(Cc4ccccc4)nn3)c12. The molecule has 0 aliphatic carbocycles. The molecule has 244 valence electrons. The number of hydrogen-bond donors (Lipinski definition) is 0. The van der Waals surface area contributed by atoms with Crippen molar-refractivity contribution in [2.45, 2.75) is 26.2 Å². The number of carbonyl (C=O) groups excluding carboxylic acids is 2. The second kappa shape index (κ2) is 13.7. The number of methoxy groups -OCH3 is 1. The van der Waals surface area contributed by atoms with Gasteiger partial charge in [0.1, 0.15) is 17.9 Å². The first-order valence-electron chi connectivity index (χ1n) is 15.7. The summed E-state index contributed by atoms with van der Waals surface area (Å²) in [6.45, 7) is 0.938. The lowest BCUT2D eigenvalue weighted by Gasteiger charge is -2.23. The lowest BCUT2D eigenvalue weighted by atomic mass is 10.0. The maximum atomic E-state index is 14.5. The monoisotopic (exact) mass is 652 g/mol. The zero-order chi connectivity index (χ0) is 33.7. The summed E-state index contributed by atoms with van der Waals surface area (Å²) in [6, 6.07) is 32.1. The van der Waals surface area contributed by atoms with Crippen molar-refractivity contribution in [3.05, 3.63) is 154 Å². The van der Waals surface area contributed by atoms with Crippen LogP contribution in [0, 0.1) is 0 Å². The Morgan fingerprint density at radius 3 is 1.96 bits per heavy atom. The van der Waals surface area contributed by atoms with E-state index in [0.29, 0.717) is 46.3 Å². The summed E-state index contributed by atoms with van der Waals surface area (Å²) in [5.41, 5.74) is 4.38. The van der Waals surface area contributed by atoms with Crippen LogP contribution >= 0.6 is 0 Å². The number of carbonyl (C=O) groups is 2. The fraction of sp³-hybridized carbons (Fsp3) is 0.162. The van der Waals surface area contributed by atoms with Crippen LogP contribution in [0.5, 0.6) is 0 Å². The van der Waals surface area contributed by atoms with Gasteiger partial charge in [0.2, 0.25) is 0 Å². The van der Waals surface area contributed by atoms with Gasteiger partial charge < -0.3 is 14.2 Å². The van der Waals surface area contributed by atoms with Crippen molar-refractivity contribution in [2.24, 2.45) is 0 Å². The number of pyridine rings is 1. The molecule has 0 N–H and O–H groups in total. The molecule has 0 radical (unpaired) electrons.